The minimum Gasteiger partial charge on any atom is -0.378 e. The SMILES string of the molecule is CCCC1CCC(=O)N(CCOCCCl)CC1. The van der Waals surface area contributed by atoms with Crippen LogP contribution in [0.4, 0.5) is 0 Å². The van der Waals surface area contributed by atoms with Gasteiger partial charge in [-0.3, -0.25) is 4.79 Å². The zero-order chi connectivity index (χ0) is 12.5. The normalized spacial score (nSPS) is 21.6. The summed E-state index contributed by atoms with van der Waals surface area (Å²) >= 11 is 5.53. The number of halogens is 1. The first-order chi connectivity index (χ1) is 8.27. The molecule has 1 unspecified atom stereocenters. The van der Waals surface area contributed by atoms with Gasteiger partial charge in [-0.05, 0) is 18.8 Å². The molecule has 0 aliphatic carbocycles. The standard InChI is InChI=1S/C13H24ClNO2/c1-2-3-12-4-5-13(16)15(8-6-12)9-11-17-10-7-14/h12H,2-11H2,1H3. The molecule has 0 aromatic heterocycles. The summed E-state index contributed by atoms with van der Waals surface area (Å²) < 4.78 is 5.32. The fourth-order valence-corrected chi connectivity index (χ4v) is 2.47. The lowest BCUT2D eigenvalue weighted by Gasteiger charge is -2.20. The molecule has 1 saturated heterocycles. The smallest absolute Gasteiger partial charge is 0.222 e. The quantitative estimate of drug-likeness (QED) is 0.521. The van der Waals surface area contributed by atoms with Gasteiger partial charge in [-0.2, -0.15) is 0 Å². The van der Waals surface area contributed by atoms with Gasteiger partial charge in [0.1, 0.15) is 0 Å². The molecule has 0 aromatic rings. The van der Waals surface area contributed by atoms with E-state index in [0.29, 0.717) is 32.1 Å². The van der Waals surface area contributed by atoms with Gasteiger partial charge in [0.25, 0.3) is 0 Å². The Morgan fingerprint density at radius 3 is 2.94 bits per heavy atom. The molecule has 100 valence electrons. The molecular formula is C13H24ClNO2. The lowest BCUT2D eigenvalue weighted by molar-refractivity contribution is -0.131. The summed E-state index contributed by atoms with van der Waals surface area (Å²) in [5.41, 5.74) is 0. The van der Waals surface area contributed by atoms with Crippen molar-refractivity contribution in [2.75, 3.05) is 32.2 Å². The fraction of sp³-hybridized carbons (Fsp3) is 0.923. The summed E-state index contributed by atoms with van der Waals surface area (Å²) in [6, 6.07) is 0. The Morgan fingerprint density at radius 1 is 1.41 bits per heavy atom. The van der Waals surface area contributed by atoms with Gasteiger partial charge < -0.3 is 9.64 Å². The second-order valence-corrected chi connectivity index (χ2v) is 5.04. The summed E-state index contributed by atoms with van der Waals surface area (Å²) in [5.74, 6) is 1.54. The van der Waals surface area contributed by atoms with Gasteiger partial charge in [0.2, 0.25) is 5.91 Å². The van der Waals surface area contributed by atoms with E-state index in [1.807, 2.05) is 4.90 Å². The van der Waals surface area contributed by atoms with Crippen molar-refractivity contribution in [2.45, 2.75) is 39.0 Å². The molecule has 0 saturated carbocycles. The fourth-order valence-electron chi connectivity index (χ4n) is 2.36. The zero-order valence-corrected chi connectivity index (χ0v) is 11.5. The van der Waals surface area contributed by atoms with Crippen LogP contribution in [-0.2, 0) is 9.53 Å². The number of rotatable bonds is 7. The van der Waals surface area contributed by atoms with Crippen LogP contribution in [0, 0.1) is 5.92 Å². The molecule has 0 aromatic carbocycles. The van der Waals surface area contributed by atoms with Gasteiger partial charge in [-0.25, -0.2) is 0 Å². The maximum absolute atomic E-state index is 11.9. The van der Waals surface area contributed by atoms with E-state index in [0.717, 1.165) is 25.3 Å². The lowest BCUT2D eigenvalue weighted by Crippen LogP contribution is -2.33. The minimum atomic E-state index is 0.290. The number of alkyl halides is 1. The van der Waals surface area contributed by atoms with Gasteiger partial charge in [0.15, 0.2) is 0 Å². The number of carbonyl (C=O) groups is 1. The maximum atomic E-state index is 11.9. The summed E-state index contributed by atoms with van der Waals surface area (Å²) in [6.07, 6.45) is 5.39. The molecule has 4 heteroatoms. The Kier molecular flexibility index (Phi) is 7.62. The third kappa shape index (κ3) is 5.73. The molecule has 3 nitrogen and oxygen atoms in total. The molecule has 1 fully saturated rings. The molecule has 1 heterocycles. The van der Waals surface area contributed by atoms with E-state index in [4.69, 9.17) is 16.3 Å². The second kappa shape index (κ2) is 8.76. The Morgan fingerprint density at radius 2 is 2.24 bits per heavy atom. The molecule has 1 aliphatic heterocycles. The first kappa shape index (κ1) is 14.8. The van der Waals surface area contributed by atoms with Crippen LogP contribution in [0.25, 0.3) is 0 Å². The second-order valence-electron chi connectivity index (χ2n) is 4.66. The Labute approximate surface area is 109 Å². The number of carbonyl (C=O) groups excluding carboxylic acids is 1. The van der Waals surface area contributed by atoms with Crippen molar-refractivity contribution in [1.29, 1.82) is 0 Å². The Hall–Kier alpha value is -0.280. The summed E-state index contributed by atoms with van der Waals surface area (Å²) in [5, 5.41) is 0. The van der Waals surface area contributed by atoms with E-state index in [1.165, 1.54) is 12.8 Å². The lowest BCUT2D eigenvalue weighted by atomic mass is 9.96. The predicted octanol–water partition coefficient (Wildman–Crippen LogP) is 2.67. The Balaban J connectivity index is 2.27. The first-order valence-electron chi connectivity index (χ1n) is 6.69. The van der Waals surface area contributed by atoms with Crippen molar-refractivity contribution in [3.8, 4) is 0 Å². The van der Waals surface area contributed by atoms with Gasteiger partial charge in [-0.15, -0.1) is 11.6 Å². The zero-order valence-electron chi connectivity index (χ0n) is 10.8. The van der Waals surface area contributed by atoms with E-state index >= 15 is 0 Å². The number of ether oxygens (including phenoxy) is 1. The number of likely N-dealkylation sites (tertiary alicyclic amines) is 1. The third-order valence-corrected chi connectivity index (χ3v) is 3.50. The molecule has 1 rings (SSSR count). The van der Waals surface area contributed by atoms with Crippen LogP contribution < -0.4 is 0 Å². The molecule has 1 atom stereocenters. The van der Waals surface area contributed by atoms with Crippen LogP contribution in [-0.4, -0.2) is 43.0 Å². The van der Waals surface area contributed by atoms with Crippen LogP contribution in [0.3, 0.4) is 0 Å². The molecule has 17 heavy (non-hydrogen) atoms. The topological polar surface area (TPSA) is 29.5 Å². The van der Waals surface area contributed by atoms with Crippen LogP contribution >= 0.6 is 11.6 Å². The van der Waals surface area contributed by atoms with Crippen LogP contribution in [0.5, 0.6) is 0 Å². The number of hydrogen-bond acceptors (Lipinski definition) is 2. The van der Waals surface area contributed by atoms with Crippen molar-refractivity contribution < 1.29 is 9.53 Å². The highest BCUT2D eigenvalue weighted by atomic mass is 35.5. The molecule has 0 spiro atoms. The number of nitrogens with zero attached hydrogens (tertiary/aromatic N) is 1. The van der Waals surface area contributed by atoms with E-state index < -0.39 is 0 Å². The molecule has 1 amide bonds. The molecule has 0 bridgehead atoms. The van der Waals surface area contributed by atoms with Crippen molar-refractivity contribution in [2.24, 2.45) is 5.92 Å². The average molecular weight is 262 g/mol. The van der Waals surface area contributed by atoms with E-state index in [1.54, 1.807) is 0 Å². The summed E-state index contributed by atoms with van der Waals surface area (Å²) in [6.45, 7) is 5.01. The average Bonchev–Trinajstić information content (AvgIpc) is 2.50. The number of amides is 1. The van der Waals surface area contributed by atoms with E-state index in [-0.39, 0.29) is 5.91 Å². The van der Waals surface area contributed by atoms with Gasteiger partial charge in [0, 0.05) is 25.4 Å². The van der Waals surface area contributed by atoms with E-state index in [2.05, 4.69) is 6.92 Å². The van der Waals surface area contributed by atoms with Crippen LogP contribution in [0.15, 0.2) is 0 Å². The molecule has 0 N–H and O–H groups in total. The van der Waals surface area contributed by atoms with Gasteiger partial charge >= 0.3 is 0 Å². The first-order valence-corrected chi connectivity index (χ1v) is 7.22. The molecule has 1 aliphatic rings. The van der Waals surface area contributed by atoms with Crippen molar-refractivity contribution in [3.63, 3.8) is 0 Å². The highest BCUT2D eigenvalue weighted by Crippen LogP contribution is 2.22. The number of hydrogen-bond donors (Lipinski definition) is 0. The van der Waals surface area contributed by atoms with E-state index in [9.17, 15) is 4.79 Å². The van der Waals surface area contributed by atoms with Crippen molar-refractivity contribution >= 4 is 17.5 Å². The summed E-state index contributed by atoms with van der Waals surface area (Å²) in [4.78, 5) is 13.8. The monoisotopic (exact) mass is 261 g/mol. The predicted molar refractivity (Wildman–Crippen MR) is 70.4 cm³/mol. The van der Waals surface area contributed by atoms with Crippen LogP contribution in [0.1, 0.15) is 39.0 Å². The van der Waals surface area contributed by atoms with Crippen molar-refractivity contribution in [3.05, 3.63) is 0 Å². The highest BCUT2D eigenvalue weighted by Gasteiger charge is 2.21. The van der Waals surface area contributed by atoms with Crippen LogP contribution in [0.2, 0.25) is 0 Å². The largest absolute Gasteiger partial charge is 0.378 e. The van der Waals surface area contributed by atoms with Crippen molar-refractivity contribution in [1.82, 2.24) is 4.90 Å². The third-order valence-electron chi connectivity index (χ3n) is 3.35. The summed E-state index contributed by atoms with van der Waals surface area (Å²) in [7, 11) is 0. The van der Waals surface area contributed by atoms with Gasteiger partial charge in [-0.1, -0.05) is 19.8 Å². The highest BCUT2D eigenvalue weighted by molar-refractivity contribution is 6.17. The molecule has 0 radical (unpaired) electrons. The molecular weight excluding hydrogens is 238 g/mol. The minimum absolute atomic E-state index is 0.290. The Bertz CT molecular complexity index is 223. The van der Waals surface area contributed by atoms with Gasteiger partial charge in [0.05, 0.1) is 13.2 Å². The maximum Gasteiger partial charge on any atom is 0.222 e.